The Kier molecular flexibility index (Phi) is 4.37. The summed E-state index contributed by atoms with van der Waals surface area (Å²) in [6.45, 7) is 0.638. The zero-order valence-electron chi connectivity index (χ0n) is 13.9. The number of fused-ring (bicyclic) bond motifs is 1. The summed E-state index contributed by atoms with van der Waals surface area (Å²) < 4.78 is 10.7. The fraction of sp³-hybridized carbons (Fsp3) is 0.105. The van der Waals surface area contributed by atoms with Crippen LogP contribution in [0.1, 0.15) is 5.56 Å². The van der Waals surface area contributed by atoms with E-state index in [-0.39, 0.29) is 0 Å². The maximum Gasteiger partial charge on any atom is 0.346 e. The molecule has 2 aromatic carbocycles. The van der Waals surface area contributed by atoms with E-state index in [1.54, 1.807) is 12.1 Å². The molecule has 2 heterocycles. The van der Waals surface area contributed by atoms with Gasteiger partial charge in [0, 0.05) is 11.9 Å². The van der Waals surface area contributed by atoms with Gasteiger partial charge in [0.25, 0.3) is 0 Å². The Balaban J connectivity index is 1.63. The number of rotatable bonds is 5. The van der Waals surface area contributed by atoms with Crippen LogP contribution in [0, 0.1) is 0 Å². The van der Waals surface area contributed by atoms with E-state index in [0.717, 1.165) is 10.9 Å². The largest absolute Gasteiger partial charge is 0.493 e. The summed E-state index contributed by atoms with van der Waals surface area (Å²) in [7, 11) is 1.54. The molecule has 0 amide bonds. The Morgan fingerprint density at radius 3 is 2.77 bits per heavy atom. The third-order valence-electron chi connectivity index (χ3n) is 3.89. The quantitative estimate of drug-likeness (QED) is 0.540. The standard InChI is InChI=1S/C19H15N3O3S/c1-24-15-9-5-8-13-10-14(18(23)25-16(13)15)17-21-22-19(26-17)20-11-12-6-3-2-4-7-12/h2-10H,11H2,1H3,(H,20,22). The first-order valence-electron chi connectivity index (χ1n) is 7.97. The average molecular weight is 365 g/mol. The molecule has 0 fully saturated rings. The van der Waals surface area contributed by atoms with Gasteiger partial charge in [-0.05, 0) is 17.7 Å². The first kappa shape index (κ1) is 16.3. The molecule has 0 aliphatic rings. The zero-order valence-corrected chi connectivity index (χ0v) is 14.7. The fourth-order valence-electron chi connectivity index (χ4n) is 2.60. The average Bonchev–Trinajstić information content (AvgIpc) is 3.15. The van der Waals surface area contributed by atoms with Crippen molar-refractivity contribution >= 4 is 27.4 Å². The Morgan fingerprint density at radius 2 is 1.96 bits per heavy atom. The van der Waals surface area contributed by atoms with E-state index in [9.17, 15) is 4.79 Å². The van der Waals surface area contributed by atoms with Crippen LogP contribution < -0.4 is 15.7 Å². The minimum absolute atomic E-state index is 0.385. The van der Waals surface area contributed by atoms with E-state index in [0.29, 0.717) is 33.6 Å². The molecule has 0 spiro atoms. The number of para-hydroxylation sites is 1. The minimum Gasteiger partial charge on any atom is -0.493 e. The molecule has 0 bridgehead atoms. The highest BCUT2D eigenvalue weighted by molar-refractivity contribution is 7.18. The smallest absolute Gasteiger partial charge is 0.346 e. The number of nitrogens with zero attached hydrogens (tertiary/aromatic N) is 2. The van der Waals surface area contributed by atoms with Crippen LogP contribution >= 0.6 is 11.3 Å². The first-order valence-corrected chi connectivity index (χ1v) is 8.79. The molecule has 0 aliphatic heterocycles. The van der Waals surface area contributed by atoms with Gasteiger partial charge < -0.3 is 14.5 Å². The van der Waals surface area contributed by atoms with Crippen molar-refractivity contribution in [2.45, 2.75) is 6.54 Å². The second kappa shape index (κ2) is 6.97. The van der Waals surface area contributed by atoms with Crippen LogP contribution in [0.5, 0.6) is 5.75 Å². The van der Waals surface area contributed by atoms with E-state index in [4.69, 9.17) is 9.15 Å². The van der Waals surface area contributed by atoms with E-state index in [1.165, 1.54) is 18.4 Å². The van der Waals surface area contributed by atoms with Crippen LogP contribution in [0.25, 0.3) is 21.5 Å². The summed E-state index contributed by atoms with van der Waals surface area (Å²) in [6, 6.07) is 17.2. The summed E-state index contributed by atoms with van der Waals surface area (Å²) in [5.41, 5.74) is 1.49. The van der Waals surface area contributed by atoms with E-state index >= 15 is 0 Å². The third kappa shape index (κ3) is 3.16. The van der Waals surface area contributed by atoms with Crippen molar-refractivity contribution in [1.29, 1.82) is 0 Å². The molecular weight excluding hydrogens is 350 g/mol. The molecule has 0 unspecified atom stereocenters. The summed E-state index contributed by atoms with van der Waals surface area (Å²) in [6.07, 6.45) is 0. The zero-order chi connectivity index (χ0) is 17.9. The number of hydrogen-bond acceptors (Lipinski definition) is 7. The van der Waals surface area contributed by atoms with Gasteiger partial charge in [-0.3, -0.25) is 0 Å². The van der Waals surface area contributed by atoms with Crippen molar-refractivity contribution in [3.63, 3.8) is 0 Å². The lowest BCUT2D eigenvalue weighted by Crippen LogP contribution is -2.03. The molecule has 0 atom stereocenters. The molecule has 1 N–H and O–H groups in total. The Hall–Kier alpha value is -3.19. The molecule has 0 saturated carbocycles. The summed E-state index contributed by atoms with van der Waals surface area (Å²) >= 11 is 1.31. The lowest BCUT2D eigenvalue weighted by molar-refractivity contribution is 0.407. The number of aromatic nitrogens is 2. The van der Waals surface area contributed by atoms with Crippen LogP contribution in [-0.2, 0) is 6.54 Å². The topological polar surface area (TPSA) is 77.3 Å². The van der Waals surface area contributed by atoms with Crippen LogP contribution in [-0.4, -0.2) is 17.3 Å². The second-order valence-corrected chi connectivity index (χ2v) is 6.56. The molecule has 6 nitrogen and oxygen atoms in total. The number of nitrogens with one attached hydrogen (secondary N) is 1. The van der Waals surface area contributed by atoms with Gasteiger partial charge in [-0.25, -0.2) is 4.79 Å². The molecule has 0 radical (unpaired) electrons. The maximum atomic E-state index is 12.4. The fourth-order valence-corrected chi connectivity index (χ4v) is 3.35. The molecular formula is C19H15N3O3S. The maximum absolute atomic E-state index is 12.4. The van der Waals surface area contributed by atoms with Crippen LogP contribution in [0.2, 0.25) is 0 Å². The number of hydrogen-bond donors (Lipinski definition) is 1. The van der Waals surface area contributed by atoms with Crippen molar-refractivity contribution in [1.82, 2.24) is 10.2 Å². The molecule has 130 valence electrons. The molecule has 4 aromatic rings. The second-order valence-electron chi connectivity index (χ2n) is 5.58. The number of ether oxygens (including phenoxy) is 1. The number of methoxy groups -OCH3 is 1. The highest BCUT2D eigenvalue weighted by Crippen LogP contribution is 2.29. The van der Waals surface area contributed by atoms with Crippen molar-refractivity contribution < 1.29 is 9.15 Å². The van der Waals surface area contributed by atoms with Gasteiger partial charge >= 0.3 is 5.63 Å². The SMILES string of the molecule is COc1cccc2cc(-c3nnc(NCc4ccccc4)s3)c(=O)oc12. The Bertz CT molecular complexity index is 1110. The van der Waals surface area contributed by atoms with Gasteiger partial charge in [-0.15, -0.1) is 10.2 Å². The van der Waals surface area contributed by atoms with Crippen molar-refractivity contribution in [3.8, 4) is 16.3 Å². The van der Waals surface area contributed by atoms with Crippen molar-refractivity contribution in [2.75, 3.05) is 12.4 Å². The monoisotopic (exact) mass is 365 g/mol. The molecule has 2 aromatic heterocycles. The van der Waals surface area contributed by atoms with Gasteiger partial charge in [-0.2, -0.15) is 0 Å². The minimum atomic E-state index is -0.465. The predicted molar refractivity (Wildman–Crippen MR) is 102 cm³/mol. The lowest BCUT2D eigenvalue weighted by atomic mass is 10.2. The summed E-state index contributed by atoms with van der Waals surface area (Å²) in [5.74, 6) is 0.522. The van der Waals surface area contributed by atoms with Gasteiger partial charge in [-0.1, -0.05) is 53.8 Å². The molecule has 26 heavy (non-hydrogen) atoms. The number of benzene rings is 2. The first-order chi connectivity index (χ1) is 12.7. The molecule has 0 saturated heterocycles. The van der Waals surface area contributed by atoms with Crippen molar-refractivity contribution in [2.24, 2.45) is 0 Å². The highest BCUT2D eigenvalue weighted by Gasteiger charge is 2.15. The third-order valence-corrected chi connectivity index (χ3v) is 4.80. The van der Waals surface area contributed by atoms with E-state index in [2.05, 4.69) is 15.5 Å². The van der Waals surface area contributed by atoms with Gasteiger partial charge in [0.15, 0.2) is 16.3 Å². The molecule has 4 rings (SSSR count). The summed E-state index contributed by atoms with van der Waals surface area (Å²) in [4.78, 5) is 12.4. The lowest BCUT2D eigenvalue weighted by Gasteiger charge is -2.04. The Morgan fingerprint density at radius 1 is 1.12 bits per heavy atom. The van der Waals surface area contributed by atoms with Crippen LogP contribution in [0.3, 0.4) is 0 Å². The Labute approximate surface area is 153 Å². The van der Waals surface area contributed by atoms with E-state index < -0.39 is 5.63 Å². The highest BCUT2D eigenvalue weighted by atomic mass is 32.1. The molecule has 7 heteroatoms. The predicted octanol–water partition coefficient (Wildman–Crippen LogP) is 3.93. The summed E-state index contributed by atoms with van der Waals surface area (Å²) in [5, 5.41) is 13.4. The molecule has 0 aliphatic carbocycles. The van der Waals surface area contributed by atoms with Crippen LogP contribution in [0.4, 0.5) is 5.13 Å². The normalized spacial score (nSPS) is 10.8. The van der Waals surface area contributed by atoms with Crippen LogP contribution in [0.15, 0.2) is 63.8 Å². The van der Waals surface area contributed by atoms with E-state index in [1.807, 2.05) is 42.5 Å². The van der Waals surface area contributed by atoms with Gasteiger partial charge in [0.1, 0.15) is 0 Å². The van der Waals surface area contributed by atoms with Crippen molar-refractivity contribution in [3.05, 3.63) is 70.6 Å². The van der Waals surface area contributed by atoms with Gasteiger partial charge in [0.2, 0.25) is 5.13 Å². The number of anilines is 1. The van der Waals surface area contributed by atoms with Gasteiger partial charge in [0.05, 0.1) is 12.7 Å².